The van der Waals surface area contributed by atoms with E-state index in [2.05, 4.69) is 0 Å². The van der Waals surface area contributed by atoms with Crippen molar-refractivity contribution in [2.45, 2.75) is 5.92 Å². The Hall–Kier alpha value is -5.23. The topological polar surface area (TPSA) is 72.9 Å². The van der Waals surface area contributed by atoms with Crippen molar-refractivity contribution in [1.29, 1.82) is 0 Å². The molecule has 42 heavy (non-hydrogen) atoms. The highest BCUT2D eigenvalue weighted by molar-refractivity contribution is 6.25. The Balaban J connectivity index is 1.34. The van der Waals surface area contributed by atoms with Gasteiger partial charge in [-0.2, -0.15) is 0 Å². The van der Waals surface area contributed by atoms with Crippen molar-refractivity contribution < 1.29 is 23.9 Å². The summed E-state index contributed by atoms with van der Waals surface area (Å²) in [6.07, 6.45) is 2.02. The van der Waals surface area contributed by atoms with Crippen molar-refractivity contribution in [1.82, 2.24) is 0 Å². The van der Waals surface area contributed by atoms with Gasteiger partial charge >= 0.3 is 5.97 Å². The first-order valence-corrected chi connectivity index (χ1v) is 14.0. The molecule has 2 heterocycles. The summed E-state index contributed by atoms with van der Waals surface area (Å²) in [4.78, 5) is 43.7. The minimum Gasteiger partial charge on any atom is -0.497 e. The molecule has 8 rings (SSSR count). The SMILES string of the molecule is COc1ccc([C@@H]2C=C3c4c(ccc5ccccc45)OC(=O)[C@@H]3[C@@H]3C(=O)N(c4ccc5ccccc5c4)C(=O)[C@@H]32)cc1. The molecule has 5 aromatic carbocycles. The van der Waals surface area contributed by atoms with Crippen LogP contribution in [-0.2, 0) is 14.4 Å². The van der Waals surface area contributed by atoms with Gasteiger partial charge in [0.1, 0.15) is 11.5 Å². The molecule has 0 spiro atoms. The van der Waals surface area contributed by atoms with Gasteiger partial charge in [0.2, 0.25) is 11.8 Å². The summed E-state index contributed by atoms with van der Waals surface area (Å²) in [6.45, 7) is 0. The fourth-order valence-electron chi connectivity index (χ4n) is 7.05. The van der Waals surface area contributed by atoms with Crippen LogP contribution in [0.5, 0.6) is 11.5 Å². The number of esters is 1. The summed E-state index contributed by atoms with van der Waals surface area (Å²) in [5.74, 6) is -3.05. The predicted octanol–water partition coefficient (Wildman–Crippen LogP) is 6.52. The molecule has 1 aliphatic carbocycles. The largest absolute Gasteiger partial charge is 0.497 e. The number of hydrogen-bond acceptors (Lipinski definition) is 5. The number of rotatable bonds is 3. The first-order valence-electron chi connectivity index (χ1n) is 14.0. The highest BCUT2D eigenvalue weighted by Crippen LogP contribution is 2.56. The summed E-state index contributed by atoms with van der Waals surface area (Å²) in [5.41, 5.74) is 2.92. The number of anilines is 1. The normalized spacial score (nSPS) is 22.8. The fraction of sp³-hybridized carbons (Fsp3) is 0.139. The number of carbonyl (C=O) groups excluding carboxylic acids is 3. The van der Waals surface area contributed by atoms with Crippen LogP contribution in [0.3, 0.4) is 0 Å². The van der Waals surface area contributed by atoms with Gasteiger partial charge in [0.05, 0.1) is 30.6 Å². The molecule has 0 bridgehead atoms. The monoisotopic (exact) mass is 551 g/mol. The summed E-state index contributed by atoms with van der Waals surface area (Å²) in [7, 11) is 1.61. The maximum atomic E-state index is 14.4. The van der Waals surface area contributed by atoms with E-state index >= 15 is 0 Å². The predicted molar refractivity (Wildman–Crippen MR) is 160 cm³/mol. The van der Waals surface area contributed by atoms with Crippen LogP contribution in [0, 0.1) is 17.8 Å². The van der Waals surface area contributed by atoms with E-state index in [9.17, 15) is 14.4 Å². The van der Waals surface area contributed by atoms with Crippen LogP contribution < -0.4 is 14.4 Å². The number of methoxy groups -OCH3 is 1. The van der Waals surface area contributed by atoms with Gasteiger partial charge in [0.15, 0.2) is 0 Å². The third kappa shape index (κ3) is 3.48. The van der Waals surface area contributed by atoms with Crippen LogP contribution in [0.1, 0.15) is 17.0 Å². The highest BCUT2D eigenvalue weighted by atomic mass is 16.5. The first kappa shape index (κ1) is 24.6. The maximum absolute atomic E-state index is 14.4. The Morgan fingerprint density at radius 3 is 2.19 bits per heavy atom. The van der Waals surface area contributed by atoms with Crippen LogP contribution in [0.2, 0.25) is 0 Å². The number of hydrogen-bond donors (Lipinski definition) is 0. The Labute approximate surface area is 241 Å². The lowest BCUT2D eigenvalue weighted by Gasteiger charge is -2.38. The second-order valence-electron chi connectivity index (χ2n) is 11.1. The van der Waals surface area contributed by atoms with Crippen LogP contribution in [0.25, 0.3) is 27.1 Å². The molecule has 6 nitrogen and oxygen atoms in total. The standard InChI is InChI=1S/C36H25NO5/c1-41-25-15-11-22(12-16-25)27-19-28-30-26-9-5-4-7-21(26)13-17-29(30)42-36(40)32(28)33-31(27)34(38)37(35(33)39)24-14-10-20-6-2-3-8-23(20)18-24/h2-19,27,31-33H,1H3/t27-,31+,32-,33+/m0/s1. The molecule has 6 heteroatoms. The third-order valence-electron chi connectivity index (χ3n) is 8.97. The zero-order valence-electron chi connectivity index (χ0n) is 22.7. The van der Waals surface area contributed by atoms with Crippen molar-refractivity contribution in [3.63, 3.8) is 0 Å². The molecule has 3 aliphatic rings. The van der Waals surface area contributed by atoms with Gasteiger partial charge in [-0.15, -0.1) is 0 Å². The second kappa shape index (κ2) is 9.14. The number of amides is 2. The molecule has 2 aliphatic heterocycles. The van der Waals surface area contributed by atoms with Gasteiger partial charge in [-0.25, -0.2) is 4.90 Å². The molecule has 1 saturated heterocycles. The van der Waals surface area contributed by atoms with Crippen molar-refractivity contribution in [2.24, 2.45) is 17.8 Å². The molecular formula is C36H25NO5. The van der Waals surface area contributed by atoms with E-state index in [-0.39, 0.29) is 11.8 Å². The van der Waals surface area contributed by atoms with Gasteiger partial charge in [-0.05, 0) is 63.0 Å². The quantitative estimate of drug-likeness (QED) is 0.145. The molecule has 0 N–H and O–H groups in total. The third-order valence-corrected chi connectivity index (χ3v) is 8.97. The van der Waals surface area contributed by atoms with E-state index in [4.69, 9.17) is 9.47 Å². The average molecular weight is 552 g/mol. The Morgan fingerprint density at radius 1 is 0.714 bits per heavy atom. The minimum absolute atomic E-state index is 0.312. The van der Waals surface area contributed by atoms with Gasteiger partial charge in [0, 0.05) is 11.5 Å². The van der Waals surface area contributed by atoms with E-state index in [1.165, 1.54) is 4.90 Å². The number of carbonyl (C=O) groups is 3. The summed E-state index contributed by atoms with van der Waals surface area (Å²) in [5, 5.41) is 3.88. The van der Waals surface area contributed by atoms with Crippen molar-refractivity contribution in [3.8, 4) is 11.5 Å². The second-order valence-corrected chi connectivity index (χ2v) is 11.1. The molecular weight excluding hydrogens is 526 g/mol. The molecule has 0 saturated carbocycles. The number of fused-ring (bicyclic) bond motifs is 8. The first-order chi connectivity index (χ1) is 20.5. The number of allylic oxidation sites excluding steroid dienone is 1. The lowest BCUT2D eigenvalue weighted by molar-refractivity contribution is -0.142. The van der Waals surface area contributed by atoms with Crippen molar-refractivity contribution >= 4 is 50.6 Å². The Bertz CT molecular complexity index is 1990. The average Bonchev–Trinajstić information content (AvgIpc) is 3.29. The van der Waals surface area contributed by atoms with E-state index in [0.29, 0.717) is 17.2 Å². The lowest BCUT2D eigenvalue weighted by atomic mass is 9.64. The molecule has 2 amide bonds. The Morgan fingerprint density at radius 2 is 1.40 bits per heavy atom. The zero-order chi connectivity index (χ0) is 28.5. The van der Waals surface area contributed by atoms with E-state index in [1.54, 1.807) is 13.2 Å². The Kier molecular flexibility index (Phi) is 5.35. The molecule has 4 atom stereocenters. The molecule has 0 unspecified atom stereocenters. The van der Waals surface area contributed by atoms with Gasteiger partial charge in [-0.1, -0.05) is 78.9 Å². The van der Waals surface area contributed by atoms with Crippen LogP contribution >= 0.6 is 0 Å². The maximum Gasteiger partial charge on any atom is 0.319 e. The molecule has 0 radical (unpaired) electrons. The molecule has 5 aromatic rings. The molecule has 1 fully saturated rings. The van der Waals surface area contributed by atoms with Gasteiger partial charge < -0.3 is 9.47 Å². The number of ether oxygens (including phenoxy) is 2. The summed E-state index contributed by atoms with van der Waals surface area (Å²) in [6, 6.07) is 32.6. The van der Waals surface area contributed by atoms with E-state index in [0.717, 1.165) is 38.2 Å². The van der Waals surface area contributed by atoms with Crippen LogP contribution in [0.15, 0.2) is 109 Å². The lowest BCUT2D eigenvalue weighted by Crippen LogP contribution is -2.42. The number of benzene rings is 5. The van der Waals surface area contributed by atoms with Crippen LogP contribution in [-0.4, -0.2) is 24.9 Å². The van der Waals surface area contributed by atoms with Crippen molar-refractivity contribution in [2.75, 3.05) is 12.0 Å². The number of nitrogens with zero attached hydrogens (tertiary/aromatic N) is 1. The van der Waals surface area contributed by atoms with E-state index < -0.39 is 29.6 Å². The van der Waals surface area contributed by atoms with Gasteiger partial charge in [-0.3, -0.25) is 14.4 Å². The highest BCUT2D eigenvalue weighted by Gasteiger charge is 2.60. The smallest absolute Gasteiger partial charge is 0.319 e. The van der Waals surface area contributed by atoms with Crippen molar-refractivity contribution in [3.05, 3.63) is 120 Å². The zero-order valence-corrected chi connectivity index (χ0v) is 22.7. The minimum atomic E-state index is -0.907. The summed E-state index contributed by atoms with van der Waals surface area (Å²) < 4.78 is 11.3. The fourth-order valence-corrected chi connectivity index (χ4v) is 7.05. The van der Waals surface area contributed by atoms with Crippen LogP contribution in [0.4, 0.5) is 5.69 Å². The molecule has 0 aromatic heterocycles. The summed E-state index contributed by atoms with van der Waals surface area (Å²) >= 11 is 0. The van der Waals surface area contributed by atoms with E-state index in [1.807, 2.05) is 103 Å². The molecule has 204 valence electrons. The van der Waals surface area contributed by atoms with Gasteiger partial charge in [0.25, 0.3) is 0 Å². The number of imide groups is 1.